The number of likely N-dealkylation sites (tertiary alicyclic amines) is 2. The van der Waals surface area contributed by atoms with E-state index in [0.29, 0.717) is 43.5 Å². The van der Waals surface area contributed by atoms with E-state index in [9.17, 15) is 14.4 Å². The van der Waals surface area contributed by atoms with Gasteiger partial charge >= 0.3 is 0 Å². The zero-order valence-corrected chi connectivity index (χ0v) is 19.9. The minimum atomic E-state index is -0.473. The molecule has 9 nitrogen and oxygen atoms in total. The first-order valence-corrected chi connectivity index (χ1v) is 12.9. The zero-order valence-electron chi connectivity index (χ0n) is 19.1. The van der Waals surface area contributed by atoms with Gasteiger partial charge in [-0.1, -0.05) is 11.8 Å². The number of ether oxygens (including phenoxy) is 2. The van der Waals surface area contributed by atoms with Gasteiger partial charge in [0, 0.05) is 49.8 Å². The van der Waals surface area contributed by atoms with Gasteiger partial charge in [-0.25, -0.2) is 0 Å². The van der Waals surface area contributed by atoms with E-state index < -0.39 is 5.25 Å². The van der Waals surface area contributed by atoms with E-state index in [1.807, 2.05) is 4.90 Å². The van der Waals surface area contributed by atoms with Gasteiger partial charge in [0.15, 0.2) is 11.5 Å². The van der Waals surface area contributed by atoms with Crippen LogP contribution in [0.3, 0.4) is 0 Å². The molecule has 1 atom stereocenters. The molecule has 182 valence electrons. The largest absolute Gasteiger partial charge is 0.351 e. The Balaban J connectivity index is 1.09. The fourth-order valence-electron chi connectivity index (χ4n) is 4.84. The summed E-state index contributed by atoms with van der Waals surface area (Å²) in [6.07, 6.45) is 3.91. The van der Waals surface area contributed by atoms with E-state index in [-0.39, 0.29) is 30.4 Å². The molecule has 0 aliphatic carbocycles. The van der Waals surface area contributed by atoms with Crippen molar-refractivity contribution in [1.82, 2.24) is 9.80 Å². The van der Waals surface area contributed by atoms with Gasteiger partial charge in [0.2, 0.25) is 5.91 Å². The molecule has 3 saturated heterocycles. The number of benzene rings is 1. The SMILES string of the molecule is O=C(CC1SC(N2CCCC2)=NC1=O)Nc1ccc(C(=O)N2CCC(C3OCCO3)CC2)cc1. The minimum Gasteiger partial charge on any atom is -0.351 e. The molecule has 1 aromatic rings. The Labute approximate surface area is 203 Å². The zero-order chi connectivity index (χ0) is 23.5. The van der Waals surface area contributed by atoms with Crippen molar-refractivity contribution in [3.63, 3.8) is 0 Å². The number of carbonyl (C=O) groups is 3. The van der Waals surface area contributed by atoms with Gasteiger partial charge < -0.3 is 24.6 Å². The number of aliphatic imine (C=N–C) groups is 1. The molecule has 4 heterocycles. The lowest BCUT2D eigenvalue weighted by Gasteiger charge is -2.33. The molecule has 3 amide bonds. The van der Waals surface area contributed by atoms with Gasteiger partial charge in [-0.15, -0.1) is 0 Å². The Kier molecular flexibility index (Phi) is 7.17. The third-order valence-electron chi connectivity index (χ3n) is 6.75. The highest BCUT2D eigenvalue weighted by atomic mass is 32.2. The van der Waals surface area contributed by atoms with E-state index in [1.54, 1.807) is 24.3 Å². The van der Waals surface area contributed by atoms with Crippen LogP contribution in [0, 0.1) is 5.92 Å². The van der Waals surface area contributed by atoms with Gasteiger partial charge in [-0.3, -0.25) is 14.4 Å². The van der Waals surface area contributed by atoms with Crippen LogP contribution in [-0.4, -0.2) is 83.6 Å². The fourth-order valence-corrected chi connectivity index (χ4v) is 5.95. The topological polar surface area (TPSA) is 101 Å². The lowest BCUT2D eigenvalue weighted by atomic mass is 9.95. The van der Waals surface area contributed by atoms with Crippen molar-refractivity contribution in [3.05, 3.63) is 29.8 Å². The van der Waals surface area contributed by atoms with Crippen LogP contribution in [0.25, 0.3) is 0 Å². The highest BCUT2D eigenvalue weighted by Gasteiger charge is 2.34. The summed E-state index contributed by atoms with van der Waals surface area (Å²) in [6, 6.07) is 6.93. The van der Waals surface area contributed by atoms with E-state index in [4.69, 9.17) is 9.47 Å². The van der Waals surface area contributed by atoms with Crippen LogP contribution in [0.15, 0.2) is 29.3 Å². The van der Waals surface area contributed by atoms with E-state index in [1.165, 1.54) is 11.8 Å². The van der Waals surface area contributed by atoms with Crippen molar-refractivity contribution in [2.75, 3.05) is 44.7 Å². The molecule has 0 saturated carbocycles. The van der Waals surface area contributed by atoms with Crippen molar-refractivity contribution in [3.8, 4) is 0 Å². The van der Waals surface area contributed by atoms with Crippen molar-refractivity contribution in [2.24, 2.45) is 10.9 Å². The summed E-state index contributed by atoms with van der Waals surface area (Å²) in [5.74, 6) is -0.144. The summed E-state index contributed by atoms with van der Waals surface area (Å²) < 4.78 is 11.2. The highest BCUT2D eigenvalue weighted by Crippen LogP contribution is 2.30. The lowest BCUT2D eigenvalue weighted by Crippen LogP contribution is -2.41. The third kappa shape index (κ3) is 5.29. The summed E-state index contributed by atoms with van der Waals surface area (Å²) in [7, 11) is 0. The molecular formula is C24H30N4O5S. The van der Waals surface area contributed by atoms with Crippen LogP contribution in [0.4, 0.5) is 5.69 Å². The number of piperidine rings is 1. The summed E-state index contributed by atoms with van der Waals surface area (Å²) in [5.41, 5.74) is 1.20. The number of nitrogens with zero attached hydrogens (tertiary/aromatic N) is 3. The molecule has 0 bridgehead atoms. The second kappa shape index (κ2) is 10.5. The summed E-state index contributed by atoms with van der Waals surface area (Å²) in [5, 5.41) is 3.11. The van der Waals surface area contributed by atoms with Crippen LogP contribution in [-0.2, 0) is 19.1 Å². The van der Waals surface area contributed by atoms with Crippen LogP contribution < -0.4 is 5.32 Å². The van der Waals surface area contributed by atoms with Crippen molar-refractivity contribution in [2.45, 2.75) is 43.6 Å². The maximum atomic E-state index is 12.9. The summed E-state index contributed by atoms with van der Waals surface area (Å²) in [4.78, 5) is 45.7. The molecule has 1 unspecified atom stereocenters. The molecular weight excluding hydrogens is 456 g/mol. The van der Waals surface area contributed by atoms with Gasteiger partial charge in [0.05, 0.1) is 13.2 Å². The first kappa shape index (κ1) is 23.3. The van der Waals surface area contributed by atoms with E-state index in [2.05, 4.69) is 15.2 Å². The molecule has 1 N–H and O–H groups in total. The molecule has 3 fully saturated rings. The molecule has 5 rings (SSSR count). The Morgan fingerprint density at radius 2 is 1.71 bits per heavy atom. The Bertz CT molecular complexity index is 949. The molecule has 10 heteroatoms. The lowest BCUT2D eigenvalue weighted by molar-refractivity contribution is -0.121. The van der Waals surface area contributed by atoms with Crippen molar-refractivity contribution in [1.29, 1.82) is 0 Å². The van der Waals surface area contributed by atoms with Crippen LogP contribution in [0.5, 0.6) is 0 Å². The van der Waals surface area contributed by atoms with Crippen molar-refractivity contribution < 1.29 is 23.9 Å². The summed E-state index contributed by atoms with van der Waals surface area (Å²) in [6.45, 7) is 4.50. The molecule has 0 radical (unpaired) electrons. The quantitative estimate of drug-likeness (QED) is 0.682. The number of hydrogen-bond donors (Lipinski definition) is 1. The molecule has 1 aromatic carbocycles. The van der Waals surface area contributed by atoms with E-state index >= 15 is 0 Å². The minimum absolute atomic E-state index is 0.0101. The first-order valence-electron chi connectivity index (χ1n) is 12.0. The monoisotopic (exact) mass is 486 g/mol. The smallest absolute Gasteiger partial charge is 0.262 e. The van der Waals surface area contributed by atoms with Gasteiger partial charge in [0.25, 0.3) is 11.8 Å². The number of nitrogens with one attached hydrogen (secondary N) is 1. The normalized spacial score (nSPS) is 24.1. The number of anilines is 1. The second-order valence-electron chi connectivity index (χ2n) is 9.10. The first-order chi connectivity index (χ1) is 16.6. The fraction of sp³-hybridized carbons (Fsp3) is 0.583. The predicted octanol–water partition coefficient (Wildman–Crippen LogP) is 2.33. The molecule has 0 aromatic heterocycles. The van der Waals surface area contributed by atoms with Gasteiger partial charge in [0.1, 0.15) is 5.25 Å². The maximum absolute atomic E-state index is 12.9. The molecule has 0 spiro atoms. The molecule has 4 aliphatic rings. The average Bonchev–Trinajstić information content (AvgIpc) is 3.63. The number of amidine groups is 1. The maximum Gasteiger partial charge on any atom is 0.262 e. The Hall–Kier alpha value is -2.43. The van der Waals surface area contributed by atoms with Crippen LogP contribution in [0.2, 0.25) is 0 Å². The number of carbonyl (C=O) groups excluding carboxylic acids is 3. The Morgan fingerprint density at radius 1 is 1.03 bits per heavy atom. The van der Waals surface area contributed by atoms with Gasteiger partial charge in [-0.2, -0.15) is 4.99 Å². The molecule has 4 aliphatic heterocycles. The highest BCUT2D eigenvalue weighted by molar-refractivity contribution is 8.15. The van der Waals surface area contributed by atoms with Crippen molar-refractivity contribution >= 4 is 40.3 Å². The predicted molar refractivity (Wildman–Crippen MR) is 129 cm³/mol. The van der Waals surface area contributed by atoms with Gasteiger partial charge in [-0.05, 0) is 49.9 Å². The standard InChI is InChI=1S/C24H30N4O5S/c29-20(15-19-21(30)26-24(34-19)28-9-1-2-10-28)25-18-5-3-16(4-6-18)22(31)27-11-7-17(8-12-27)23-32-13-14-33-23/h3-6,17,19,23H,1-2,7-15H2,(H,25,29). The average molecular weight is 487 g/mol. The number of rotatable bonds is 5. The van der Waals surface area contributed by atoms with Crippen LogP contribution in [0.1, 0.15) is 42.5 Å². The number of amides is 3. The third-order valence-corrected chi connectivity index (χ3v) is 7.96. The second-order valence-corrected chi connectivity index (χ2v) is 10.3. The number of hydrogen-bond acceptors (Lipinski definition) is 7. The number of thioether (sulfide) groups is 1. The Morgan fingerprint density at radius 3 is 2.38 bits per heavy atom. The molecule has 34 heavy (non-hydrogen) atoms. The van der Waals surface area contributed by atoms with Crippen LogP contribution >= 0.6 is 11.8 Å². The van der Waals surface area contributed by atoms with E-state index in [0.717, 1.165) is 43.9 Å². The summed E-state index contributed by atoms with van der Waals surface area (Å²) >= 11 is 1.38.